The number of carbonyl (C=O) groups excluding carboxylic acids is 1. The number of benzene rings is 2. The molecular formula is C24H24ClFN2O. The number of nitrogens with zero attached hydrogens (tertiary/aromatic N) is 1. The van der Waals surface area contributed by atoms with Gasteiger partial charge in [0.1, 0.15) is 5.82 Å². The molecule has 1 atom stereocenters. The Bertz CT molecular complexity index is 1030. The van der Waals surface area contributed by atoms with Crippen LogP contribution in [-0.2, 0) is 0 Å². The topological polar surface area (TPSA) is 42.0 Å². The van der Waals surface area contributed by atoms with Crippen LogP contribution in [-0.4, -0.2) is 16.9 Å². The number of amides is 1. The first-order valence-electron chi connectivity index (χ1n) is 10.1. The Morgan fingerprint density at radius 3 is 2.69 bits per heavy atom. The summed E-state index contributed by atoms with van der Waals surface area (Å²) in [6, 6.07) is 13.9. The summed E-state index contributed by atoms with van der Waals surface area (Å²) >= 11 is 5.99. The van der Waals surface area contributed by atoms with Gasteiger partial charge in [0.25, 0.3) is 5.91 Å². The van der Waals surface area contributed by atoms with Crippen molar-refractivity contribution in [3.05, 3.63) is 76.7 Å². The molecule has 3 nitrogen and oxygen atoms in total. The number of hydrogen-bond donors (Lipinski definition) is 1. The molecule has 1 saturated carbocycles. The minimum absolute atomic E-state index is 0.0854. The van der Waals surface area contributed by atoms with E-state index in [0.29, 0.717) is 22.4 Å². The molecule has 0 aliphatic heterocycles. The van der Waals surface area contributed by atoms with Gasteiger partial charge in [-0.3, -0.25) is 9.78 Å². The molecule has 1 heterocycles. The molecule has 0 radical (unpaired) electrons. The summed E-state index contributed by atoms with van der Waals surface area (Å²) in [5.41, 5.74) is 2.61. The lowest BCUT2D eigenvalue weighted by Gasteiger charge is -2.33. The van der Waals surface area contributed by atoms with E-state index in [9.17, 15) is 9.18 Å². The van der Waals surface area contributed by atoms with Gasteiger partial charge in [-0.05, 0) is 92.5 Å². The third-order valence-electron chi connectivity index (χ3n) is 6.10. The third-order valence-corrected chi connectivity index (χ3v) is 6.34. The van der Waals surface area contributed by atoms with Gasteiger partial charge >= 0.3 is 0 Å². The molecule has 1 N–H and O–H groups in total. The third kappa shape index (κ3) is 4.43. The highest BCUT2D eigenvalue weighted by Gasteiger charge is 2.28. The Balaban J connectivity index is 1.41. The molecule has 0 spiro atoms. The number of halogens is 2. The van der Waals surface area contributed by atoms with E-state index in [0.717, 1.165) is 36.6 Å². The highest BCUT2D eigenvalue weighted by atomic mass is 35.5. The van der Waals surface area contributed by atoms with Gasteiger partial charge in [0.15, 0.2) is 0 Å². The number of carbonyl (C=O) groups is 1. The van der Waals surface area contributed by atoms with Crippen molar-refractivity contribution in [1.82, 2.24) is 10.3 Å². The average molecular weight is 411 g/mol. The van der Waals surface area contributed by atoms with E-state index in [1.807, 2.05) is 12.3 Å². The van der Waals surface area contributed by atoms with Crippen molar-refractivity contribution in [3.8, 4) is 0 Å². The van der Waals surface area contributed by atoms with Gasteiger partial charge in [0.05, 0.1) is 5.52 Å². The van der Waals surface area contributed by atoms with Crippen molar-refractivity contribution < 1.29 is 9.18 Å². The lowest BCUT2D eigenvalue weighted by molar-refractivity contribution is 0.0918. The predicted molar refractivity (Wildman–Crippen MR) is 115 cm³/mol. The second-order valence-electron chi connectivity index (χ2n) is 7.95. The molecule has 1 aliphatic rings. The average Bonchev–Trinajstić information content (AvgIpc) is 2.73. The number of rotatable bonds is 4. The first-order valence-corrected chi connectivity index (χ1v) is 10.5. The zero-order valence-corrected chi connectivity index (χ0v) is 17.1. The van der Waals surface area contributed by atoms with Gasteiger partial charge in [-0.15, -0.1) is 0 Å². The molecule has 29 heavy (non-hydrogen) atoms. The van der Waals surface area contributed by atoms with Crippen LogP contribution in [0.2, 0.25) is 5.02 Å². The summed E-state index contributed by atoms with van der Waals surface area (Å²) < 4.78 is 13.8. The molecule has 3 aromatic rings. The molecule has 1 aromatic heterocycles. The van der Waals surface area contributed by atoms with Crippen molar-refractivity contribution >= 4 is 28.4 Å². The van der Waals surface area contributed by atoms with Crippen LogP contribution in [0.25, 0.3) is 10.9 Å². The van der Waals surface area contributed by atoms with E-state index in [1.54, 1.807) is 36.4 Å². The summed E-state index contributed by atoms with van der Waals surface area (Å²) in [4.78, 5) is 16.9. The minimum Gasteiger partial charge on any atom is -0.349 e. The maximum absolute atomic E-state index is 13.8. The summed E-state index contributed by atoms with van der Waals surface area (Å²) in [5.74, 6) is 0.518. The lowest BCUT2D eigenvalue weighted by Crippen LogP contribution is -2.39. The Labute approximate surface area is 175 Å². The van der Waals surface area contributed by atoms with E-state index in [2.05, 4.69) is 17.2 Å². The monoisotopic (exact) mass is 410 g/mol. The van der Waals surface area contributed by atoms with Crippen molar-refractivity contribution in [3.63, 3.8) is 0 Å². The molecule has 2 aromatic carbocycles. The van der Waals surface area contributed by atoms with Crippen molar-refractivity contribution in [1.29, 1.82) is 0 Å². The molecule has 1 amide bonds. The second kappa shape index (κ2) is 8.50. The van der Waals surface area contributed by atoms with Gasteiger partial charge in [-0.25, -0.2) is 4.39 Å². The highest BCUT2D eigenvalue weighted by Crippen LogP contribution is 2.39. The molecule has 150 valence electrons. The largest absolute Gasteiger partial charge is 0.349 e. The van der Waals surface area contributed by atoms with Crippen molar-refractivity contribution in [2.24, 2.45) is 5.92 Å². The molecule has 4 rings (SSSR count). The summed E-state index contributed by atoms with van der Waals surface area (Å²) in [6.45, 7) is 2.07. The van der Waals surface area contributed by atoms with Crippen LogP contribution in [0.5, 0.6) is 0 Å². The van der Waals surface area contributed by atoms with Crippen LogP contribution in [0.1, 0.15) is 54.4 Å². The smallest absolute Gasteiger partial charge is 0.251 e. The fourth-order valence-corrected chi connectivity index (χ4v) is 4.65. The second-order valence-corrected chi connectivity index (χ2v) is 8.38. The number of hydrogen-bond acceptors (Lipinski definition) is 2. The van der Waals surface area contributed by atoms with Crippen LogP contribution >= 0.6 is 11.6 Å². The fourth-order valence-electron chi connectivity index (χ4n) is 4.46. The maximum atomic E-state index is 13.8. The Morgan fingerprint density at radius 1 is 1.14 bits per heavy atom. The van der Waals surface area contributed by atoms with Gasteiger partial charge < -0.3 is 5.32 Å². The number of pyridine rings is 1. The van der Waals surface area contributed by atoms with Crippen LogP contribution < -0.4 is 5.32 Å². The number of aromatic nitrogens is 1. The SMILES string of the molecule is C[C@@H](NC(=O)c1cccc(Cl)c1)[C@H]1CC[C@H](c2ccnc3ccc(F)cc32)CC1. The molecule has 0 unspecified atom stereocenters. The van der Waals surface area contributed by atoms with E-state index < -0.39 is 0 Å². The van der Waals surface area contributed by atoms with Crippen LogP contribution in [0.3, 0.4) is 0 Å². The molecule has 1 aliphatic carbocycles. The molecular weight excluding hydrogens is 387 g/mol. The quantitative estimate of drug-likeness (QED) is 0.563. The van der Waals surface area contributed by atoms with Crippen LogP contribution in [0.15, 0.2) is 54.7 Å². The highest BCUT2D eigenvalue weighted by molar-refractivity contribution is 6.30. The standard InChI is InChI=1S/C24H24ClFN2O/c1-15(28-24(29)18-3-2-4-19(25)13-18)16-5-7-17(8-6-16)21-11-12-27-23-10-9-20(26)14-22(21)23/h2-4,9-17H,5-8H2,1H3,(H,28,29)/t15-,16-,17-/m1/s1. The van der Waals surface area contributed by atoms with Crippen LogP contribution in [0, 0.1) is 11.7 Å². The molecule has 1 fully saturated rings. The zero-order valence-electron chi connectivity index (χ0n) is 16.4. The summed E-state index contributed by atoms with van der Waals surface area (Å²) in [7, 11) is 0. The van der Waals surface area contributed by atoms with Crippen molar-refractivity contribution in [2.75, 3.05) is 0 Å². The van der Waals surface area contributed by atoms with Gasteiger partial charge in [0.2, 0.25) is 0 Å². The van der Waals surface area contributed by atoms with E-state index in [4.69, 9.17) is 11.6 Å². The molecule has 0 bridgehead atoms. The Morgan fingerprint density at radius 2 is 1.93 bits per heavy atom. The molecule has 0 saturated heterocycles. The Hall–Kier alpha value is -2.46. The first kappa shape index (κ1) is 19.8. The zero-order chi connectivity index (χ0) is 20.4. The van der Waals surface area contributed by atoms with Crippen molar-refractivity contribution in [2.45, 2.75) is 44.6 Å². The van der Waals surface area contributed by atoms with E-state index >= 15 is 0 Å². The van der Waals surface area contributed by atoms with Gasteiger partial charge in [-0.2, -0.15) is 0 Å². The number of fused-ring (bicyclic) bond motifs is 1. The lowest BCUT2D eigenvalue weighted by atomic mass is 9.75. The van der Waals surface area contributed by atoms with Crippen LogP contribution in [0.4, 0.5) is 4.39 Å². The van der Waals surface area contributed by atoms with Gasteiger partial charge in [0, 0.05) is 28.2 Å². The minimum atomic E-state index is -0.224. The predicted octanol–water partition coefficient (Wildman–Crippen LogP) is 6.12. The first-order chi connectivity index (χ1) is 14.0. The van der Waals surface area contributed by atoms with E-state index in [1.165, 1.54) is 11.6 Å². The molecule has 5 heteroatoms. The Kier molecular flexibility index (Phi) is 5.81. The number of nitrogens with one attached hydrogen (secondary N) is 1. The maximum Gasteiger partial charge on any atom is 0.251 e. The fraction of sp³-hybridized carbons (Fsp3) is 0.333. The normalized spacial score (nSPS) is 20.4. The summed E-state index contributed by atoms with van der Waals surface area (Å²) in [5, 5.41) is 4.60. The van der Waals surface area contributed by atoms with Gasteiger partial charge in [-0.1, -0.05) is 17.7 Å². The summed E-state index contributed by atoms with van der Waals surface area (Å²) in [6.07, 6.45) is 5.92. The van der Waals surface area contributed by atoms with E-state index in [-0.39, 0.29) is 17.8 Å².